The van der Waals surface area contributed by atoms with Crippen LogP contribution in [0.15, 0.2) is 0 Å². The Balaban J connectivity index is 2.44. The van der Waals surface area contributed by atoms with E-state index in [0.717, 1.165) is 19.4 Å². The third-order valence-electron chi connectivity index (χ3n) is 2.72. The van der Waals surface area contributed by atoms with Gasteiger partial charge in [0.05, 0.1) is 12.7 Å². The average Bonchev–Trinajstić information content (AvgIpc) is 2.29. The number of ether oxygens (including phenoxy) is 1. The lowest BCUT2D eigenvalue weighted by atomic mass is 10.0. The minimum atomic E-state index is -3.49. The second-order valence-corrected chi connectivity index (χ2v) is 5.95. The zero-order chi connectivity index (χ0) is 12.0. The van der Waals surface area contributed by atoms with Gasteiger partial charge in [-0.25, -0.2) is 13.1 Å². The molecule has 5 nitrogen and oxygen atoms in total. The van der Waals surface area contributed by atoms with Gasteiger partial charge in [0, 0.05) is 13.2 Å². The van der Waals surface area contributed by atoms with Crippen molar-refractivity contribution < 1.29 is 13.2 Å². The van der Waals surface area contributed by atoms with Crippen molar-refractivity contribution in [3.8, 4) is 6.07 Å². The van der Waals surface area contributed by atoms with E-state index in [0.29, 0.717) is 19.6 Å². The van der Waals surface area contributed by atoms with Crippen LogP contribution in [0.5, 0.6) is 0 Å². The molecule has 0 bridgehead atoms. The summed E-state index contributed by atoms with van der Waals surface area (Å²) in [5.41, 5.74) is 0. The molecule has 1 aliphatic heterocycles. The topological polar surface area (TPSA) is 79.2 Å². The summed E-state index contributed by atoms with van der Waals surface area (Å²) in [4.78, 5) is 0. The number of nitrogens with one attached hydrogen (secondary N) is 1. The highest BCUT2D eigenvalue weighted by molar-refractivity contribution is 7.90. The molecule has 2 atom stereocenters. The lowest BCUT2D eigenvalue weighted by molar-refractivity contribution is 0.0568. The maximum atomic E-state index is 11.7. The summed E-state index contributed by atoms with van der Waals surface area (Å²) in [7, 11) is -3.49. The molecule has 1 N–H and O–H groups in total. The van der Waals surface area contributed by atoms with Crippen LogP contribution in [-0.4, -0.2) is 33.4 Å². The minimum Gasteiger partial charge on any atom is -0.381 e. The van der Waals surface area contributed by atoms with E-state index < -0.39 is 15.3 Å². The summed E-state index contributed by atoms with van der Waals surface area (Å²) in [5, 5.41) is 7.76. The molecule has 0 aromatic rings. The quantitative estimate of drug-likeness (QED) is 0.772. The Kier molecular flexibility index (Phi) is 5.19. The first-order chi connectivity index (χ1) is 7.60. The first-order valence-corrected chi connectivity index (χ1v) is 7.10. The molecule has 0 aliphatic carbocycles. The Bertz CT molecular complexity index is 342. The van der Waals surface area contributed by atoms with Crippen molar-refractivity contribution in [2.75, 3.05) is 19.8 Å². The zero-order valence-electron chi connectivity index (χ0n) is 9.48. The van der Waals surface area contributed by atoms with Crippen molar-refractivity contribution in [1.82, 2.24) is 4.72 Å². The summed E-state index contributed by atoms with van der Waals surface area (Å²) in [6.45, 7) is 3.43. The van der Waals surface area contributed by atoms with Crippen molar-refractivity contribution in [2.24, 2.45) is 5.92 Å². The predicted octanol–water partition coefficient (Wildman–Crippen LogP) is 0.635. The van der Waals surface area contributed by atoms with Crippen LogP contribution in [-0.2, 0) is 14.8 Å². The molecule has 92 valence electrons. The Morgan fingerprint density at radius 3 is 2.88 bits per heavy atom. The molecule has 1 saturated heterocycles. The van der Waals surface area contributed by atoms with Gasteiger partial charge >= 0.3 is 0 Å². The van der Waals surface area contributed by atoms with Gasteiger partial charge in [-0.3, -0.25) is 0 Å². The first kappa shape index (κ1) is 13.4. The van der Waals surface area contributed by atoms with E-state index in [1.807, 2.05) is 0 Å². The molecule has 0 aromatic carbocycles. The number of hydrogen-bond donors (Lipinski definition) is 1. The Hall–Kier alpha value is -0.640. The summed E-state index contributed by atoms with van der Waals surface area (Å²) < 4.78 is 31.1. The molecule has 0 saturated carbocycles. The molecule has 0 radical (unpaired) electrons. The van der Waals surface area contributed by atoms with Gasteiger partial charge in [-0.1, -0.05) is 6.92 Å². The standard InChI is InChI=1S/C10H18N2O3S/c1-2-10(6-11)16(13,14)12-7-9-4-3-5-15-8-9/h9-10,12H,2-5,7-8H2,1H3. The van der Waals surface area contributed by atoms with Crippen LogP contribution in [0.2, 0.25) is 0 Å². The maximum absolute atomic E-state index is 11.7. The van der Waals surface area contributed by atoms with Crippen LogP contribution in [0.1, 0.15) is 26.2 Å². The van der Waals surface area contributed by atoms with Gasteiger partial charge in [-0.2, -0.15) is 5.26 Å². The van der Waals surface area contributed by atoms with E-state index in [-0.39, 0.29) is 5.92 Å². The maximum Gasteiger partial charge on any atom is 0.227 e. The highest BCUT2D eigenvalue weighted by Crippen LogP contribution is 2.13. The SMILES string of the molecule is CCC(C#N)S(=O)(=O)NCC1CCCOC1. The molecule has 6 heteroatoms. The minimum absolute atomic E-state index is 0.236. The molecule has 2 unspecified atom stereocenters. The van der Waals surface area contributed by atoms with Crippen molar-refractivity contribution in [3.05, 3.63) is 0 Å². The molecular weight excluding hydrogens is 228 g/mol. The van der Waals surface area contributed by atoms with E-state index in [1.54, 1.807) is 13.0 Å². The smallest absolute Gasteiger partial charge is 0.227 e. The predicted molar refractivity (Wildman–Crippen MR) is 60.2 cm³/mol. The Morgan fingerprint density at radius 1 is 1.62 bits per heavy atom. The fraction of sp³-hybridized carbons (Fsp3) is 0.900. The number of sulfonamides is 1. The lowest BCUT2D eigenvalue weighted by Crippen LogP contribution is -2.38. The van der Waals surface area contributed by atoms with Crippen LogP contribution < -0.4 is 4.72 Å². The van der Waals surface area contributed by atoms with Gasteiger partial charge in [0.2, 0.25) is 10.0 Å². The van der Waals surface area contributed by atoms with Gasteiger partial charge in [-0.15, -0.1) is 0 Å². The molecular formula is C10H18N2O3S. The molecule has 1 fully saturated rings. The average molecular weight is 246 g/mol. The highest BCUT2D eigenvalue weighted by atomic mass is 32.2. The van der Waals surface area contributed by atoms with E-state index in [2.05, 4.69) is 4.72 Å². The van der Waals surface area contributed by atoms with Crippen molar-refractivity contribution in [2.45, 2.75) is 31.4 Å². The molecule has 0 aromatic heterocycles. The second-order valence-electron chi connectivity index (χ2n) is 4.00. The number of nitrogens with zero attached hydrogens (tertiary/aromatic N) is 1. The van der Waals surface area contributed by atoms with Gasteiger partial charge in [0.1, 0.15) is 0 Å². The summed E-state index contributed by atoms with van der Waals surface area (Å²) >= 11 is 0. The molecule has 0 amide bonds. The number of hydrogen-bond acceptors (Lipinski definition) is 4. The van der Waals surface area contributed by atoms with Crippen molar-refractivity contribution in [1.29, 1.82) is 5.26 Å². The number of nitriles is 1. The summed E-state index contributed by atoms with van der Waals surface area (Å²) in [5.74, 6) is 0.236. The van der Waals surface area contributed by atoms with Gasteiger partial charge in [-0.05, 0) is 25.2 Å². The molecule has 1 aliphatic rings. The molecule has 16 heavy (non-hydrogen) atoms. The monoisotopic (exact) mass is 246 g/mol. The highest BCUT2D eigenvalue weighted by Gasteiger charge is 2.24. The second kappa shape index (κ2) is 6.18. The molecule has 1 heterocycles. The zero-order valence-corrected chi connectivity index (χ0v) is 10.3. The van der Waals surface area contributed by atoms with Crippen LogP contribution in [0.3, 0.4) is 0 Å². The fourth-order valence-electron chi connectivity index (χ4n) is 1.68. The summed E-state index contributed by atoms with van der Waals surface area (Å²) in [6.07, 6.45) is 2.26. The third kappa shape index (κ3) is 3.74. The van der Waals surface area contributed by atoms with E-state index >= 15 is 0 Å². The Labute approximate surface area is 96.8 Å². The fourth-order valence-corrected chi connectivity index (χ4v) is 2.93. The van der Waals surface area contributed by atoms with Crippen molar-refractivity contribution in [3.63, 3.8) is 0 Å². The normalized spacial score (nSPS) is 23.6. The molecule has 0 spiro atoms. The van der Waals surface area contributed by atoms with Gasteiger partial charge < -0.3 is 4.74 Å². The van der Waals surface area contributed by atoms with Crippen LogP contribution in [0, 0.1) is 17.2 Å². The van der Waals surface area contributed by atoms with Crippen molar-refractivity contribution >= 4 is 10.0 Å². The van der Waals surface area contributed by atoms with E-state index in [9.17, 15) is 8.42 Å². The van der Waals surface area contributed by atoms with E-state index in [1.165, 1.54) is 0 Å². The summed E-state index contributed by atoms with van der Waals surface area (Å²) in [6, 6.07) is 1.80. The van der Waals surface area contributed by atoms with Gasteiger partial charge in [0.15, 0.2) is 5.25 Å². The van der Waals surface area contributed by atoms with Crippen LogP contribution in [0.25, 0.3) is 0 Å². The van der Waals surface area contributed by atoms with Gasteiger partial charge in [0.25, 0.3) is 0 Å². The van der Waals surface area contributed by atoms with E-state index in [4.69, 9.17) is 10.00 Å². The lowest BCUT2D eigenvalue weighted by Gasteiger charge is -2.22. The van der Waals surface area contributed by atoms with Crippen LogP contribution >= 0.6 is 0 Å². The van der Waals surface area contributed by atoms with Crippen LogP contribution in [0.4, 0.5) is 0 Å². The third-order valence-corrected chi connectivity index (χ3v) is 4.47. The molecule has 1 rings (SSSR count). The largest absolute Gasteiger partial charge is 0.381 e. The first-order valence-electron chi connectivity index (χ1n) is 5.56. The number of rotatable bonds is 5. The Morgan fingerprint density at radius 2 is 2.38 bits per heavy atom.